The van der Waals surface area contributed by atoms with E-state index in [1.165, 1.54) is 14.2 Å². The van der Waals surface area contributed by atoms with Crippen LogP contribution < -0.4 is 15.4 Å². The van der Waals surface area contributed by atoms with Crippen molar-refractivity contribution >= 4 is 27.9 Å². The van der Waals surface area contributed by atoms with Crippen LogP contribution in [0.1, 0.15) is 18.5 Å². The largest absolute Gasteiger partial charge is 0.496 e. The molecule has 0 bridgehead atoms. The van der Waals surface area contributed by atoms with Crippen LogP contribution in [0.2, 0.25) is 0 Å². The van der Waals surface area contributed by atoms with Crippen LogP contribution in [0.4, 0.5) is 4.79 Å². The van der Waals surface area contributed by atoms with Crippen LogP contribution >= 0.6 is 15.9 Å². The standard InChI is InChI=1S/C14H15BrN2O4/c1-7-11(13(18)21-3)12(17-14(19)16-7)9-6-8(15)4-5-10(9)20-2/h4-6,12H,1-3H3,(H2,16,17,19). The smallest absolute Gasteiger partial charge is 0.337 e. The number of hydrogen-bond acceptors (Lipinski definition) is 4. The topological polar surface area (TPSA) is 76.7 Å². The molecule has 0 saturated heterocycles. The van der Waals surface area contributed by atoms with Gasteiger partial charge in [-0.3, -0.25) is 0 Å². The molecule has 2 rings (SSSR count). The van der Waals surface area contributed by atoms with Crippen LogP contribution in [0.25, 0.3) is 0 Å². The third-order valence-corrected chi connectivity index (χ3v) is 3.67. The molecule has 2 N–H and O–H groups in total. The van der Waals surface area contributed by atoms with E-state index in [0.717, 1.165) is 4.47 Å². The van der Waals surface area contributed by atoms with Gasteiger partial charge in [-0.1, -0.05) is 15.9 Å². The van der Waals surface area contributed by atoms with E-state index >= 15 is 0 Å². The predicted octanol–water partition coefficient (Wildman–Crippen LogP) is 2.26. The lowest BCUT2D eigenvalue weighted by atomic mass is 9.95. The number of methoxy groups -OCH3 is 2. The Morgan fingerprint density at radius 3 is 2.67 bits per heavy atom. The Morgan fingerprint density at radius 1 is 1.33 bits per heavy atom. The molecule has 1 aromatic rings. The second kappa shape index (κ2) is 6.17. The normalized spacial score (nSPS) is 17.9. The quantitative estimate of drug-likeness (QED) is 0.816. The Morgan fingerprint density at radius 2 is 2.05 bits per heavy atom. The van der Waals surface area contributed by atoms with Crippen LogP contribution in [0.3, 0.4) is 0 Å². The summed E-state index contributed by atoms with van der Waals surface area (Å²) in [4.78, 5) is 23.8. The Hall–Kier alpha value is -2.02. The maximum absolute atomic E-state index is 12.0. The summed E-state index contributed by atoms with van der Waals surface area (Å²) in [7, 11) is 2.83. The summed E-state index contributed by atoms with van der Waals surface area (Å²) < 4.78 is 10.9. The molecule has 21 heavy (non-hydrogen) atoms. The molecule has 1 atom stereocenters. The van der Waals surface area contributed by atoms with Gasteiger partial charge in [-0.05, 0) is 25.1 Å². The van der Waals surface area contributed by atoms with Crippen molar-refractivity contribution in [3.63, 3.8) is 0 Å². The number of nitrogens with one attached hydrogen (secondary N) is 2. The molecule has 0 fully saturated rings. The summed E-state index contributed by atoms with van der Waals surface area (Å²) >= 11 is 3.38. The van der Waals surface area contributed by atoms with Crippen LogP contribution in [0.15, 0.2) is 33.9 Å². The van der Waals surface area contributed by atoms with Crippen LogP contribution in [-0.4, -0.2) is 26.2 Å². The number of ether oxygens (including phenoxy) is 2. The fourth-order valence-electron chi connectivity index (χ4n) is 2.24. The molecular weight excluding hydrogens is 340 g/mol. The van der Waals surface area contributed by atoms with E-state index in [4.69, 9.17) is 9.47 Å². The van der Waals surface area contributed by atoms with Crippen molar-refractivity contribution in [3.05, 3.63) is 39.5 Å². The van der Waals surface area contributed by atoms with Crippen molar-refractivity contribution in [1.29, 1.82) is 0 Å². The Labute approximate surface area is 130 Å². The summed E-state index contributed by atoms with van der Waals surface area (Å²) in [5, 5.41) is 5.29. The first kappa shape index (κ1) is 15.4. The van der Waals surface area contributed by atoms with E-state index in [2.05, 4.69) is 26.6 Å². The van der Waals surface area contributed by atoms with E-state index in [0.29, 0.717) is 22.6 Å². The van der Waals surface area contributed by atoms with Gasteiger partial charge in [0.1, 0.15) is 5.75 Å². The molecule has 2 amide bonds. The summed E-state index contributed by atoms with van der Waals surface area (Å²) in [6, 6.07) is 4.36. The zero-order valence-corrected chi connectivity index (χ0v) is 13.4. The minimum atomic E-state index is -0.640. The highest BCUT2D eigenvalue weighted by Crippen LogP contribution is 2.35. The number of rotatable bonds is 3. The highest BCUT2D eigenvalue weighted by atomic mass is 79.9. The minimum Gasteiger partial charge on any atom is -0.496 e. The summed E-state index contributed by atoms with van der Waals surface area (Å²) in [6.45, 7) is 1.66. The molecule has 0 spiro atoms. The Bertz CT molecular complexity index is 627. The zero-order valence-electron chi connectivity index (χ0n) is 11.8. The highest BCUT2D eigenvalue weighted by Gasteiger charge is 2.33. The van der Waals surface area contributed by atoms with Crippen LogP contribution in [0, 0.1) is 0 Å². The van der Waals surface area contributed by atoms with Crippen LogP contribution in [-0.2, 0) is 9.53 Å². The number of hydrogen-bond donors (Lipinski definition) is 2. The second-order valence-electron chi connectivity index (χ2n) is 4.45. The summed E-state index contributed by atoms with van der Waals surface area (Å²) in [6.07, 6.45) is 0. The first-order valence-corrected chi connectivity index (χ1v) is 6.97. The molecule has 1 aliphatic rings. The molecule has 0 aliphatic carbocycles. The third-order valence-electron chi connectivity index (χ3n) is 3.18. The van der Waals surface area contributed by atoms with Gasteiger partial charge in [-0.25, -0.2) is 9.59 Å². The molecule has 1 aromatic carbocycles. The molecular formula is C14H15BrN2O4. The Balaban J connectivity index is 2.59. The molecule has 0 saturated carbocycles. The SMILES string of the molecule is COC(=O)C1=C(C)NC(=O)NC1c1cc(Br)ccc1OC. The molecule has 0 aromatic heterocycles. The minimum absolute atomic E-state index is 0.341. The molecule has 1 heterocycles. The molecule has 6 nitrogen and oxygen atoms in total. The summed E-state index contributed by atoms with van der Waals surface area (Å²) in [5.41, 5.74) is 1.47. The van der Waals surface area contributed by atoms with Gasteiger partial charge in [0.25, 0.3) is 0 Å². The van der Waals surface area contributed by atoms with Crippen molar-refractivity contribution in [2.75, 3.05) is 14.2 Å². The van der Waals surface area contributed by atoms with Gasteiger partial charge >= 0.3 is 12.0 Å². The van der Waals surface area contributed by atoms with Gasteiger partial charge in [0.15, 0.2) is 0 Å². The van der Waals surface area contributed by atoms with E-state index in [-0.39, 0.29) is 6.03 Å². The van der Waals surface area contributed by atoms with Crippen LogP contribution in [0.5, 0.6) is 5.75 Å². The van der Waals surface area contributed by atoms with Crippen molar-refractivity contribution in [3.8, 4) is 5.75 Å². The molecule has 1 unspecified atom stereocenters. The van der Waals surface area contributed by atoms with Gasteiger partial charge in [0.2, 0.25) is 0 Å². The highest BCUT2D eigenvalue weighted by molar-refractivity contribution is 9.10. The fraction of sp³-hybridized carbons (Fsp3) is 0.286. The van der Waals surface area contributed by atoms with E-state index in [1.54, 1.807) is 19.1 Å². The average molecular weight is 355 g/mol. The van der Waals surface area contributed by atoms with Crippen molar-refractivity contribution < 1.29 is 19.1 Å². The van der Waals surface area contributed by atoms with Crippen molar-refractivity contribution in [2.24, 2.45) is 0 Å². The van der Waals surface area contributed by atoms with Gasteiger partial charge in [0.05, 0.1) is 25.8 Å². The van der Waals surface area contributed by atoms with E-state index in [1.807, 2.05) is 6.07 Å². The molecule has 112 valence electrons. The average Bonchev–Trinajstić information content (AvgIpc) is 2.45. The van der Waals surface area contributed by atoms with E-state index < -0.39 is 12.0 Å². The molecule has 1 aliphatic heterocycles. The number of amides is 2. The lowest BCUT2D eigenvalue weighted by Crippen LogP contribution is -2.45. The maximum atomic E-state index is 12.0. The molecule has 0 radical (unpaired) electrons. The van der Waals surface area contributed by atoms with E-state index in [9.17, 15) is 9.59 Å². The third kappa shape index (κ3) is 3.02. The number of allylic oxidation sites excluding steroid dienone is 1. The zero-order chi connectivity index (χ0) is 15.6. The first-order chi connectivity index (χ1) is 9.97. The monoisotopic (exact) mass is 354 g/mol. The fourth-order valence-corrected chi connectivity index (χ4v) is 2.62. The molecule has 7 heteroatoms. The lowest BCUT2D eigenvalue weighted by molar-refractivity contribution is -0.136. The summed E-state index contributed by atoms with van der Waals surface area (Å²) in [5.74, 6) is 0.0617. The number of benzene rings is 1. The van der Waals surface area contributed by atoms with Gasteiger partial charge < -0.3 is 20.1 Å². The number of urea groups is 1. The number of esters is 1. The van der Waals surface area contributed by atoms with Gasteiger partial charge in [0, 0.05) is 15.7 Å². The number of carbonyl (C=O) groups excluding carboxylic acids is 2. The first-order valence-electron chi connectivity index (χ1n) is 6.18. The lowest BCUT2D eigenvalue weighted by Gasteiger charge is -2.28. The second-order valence-corrected chi connectivity index (χ2v) is 5.36. The van der Waals surface area contributed by atoms with Crippen molar-refractivity contribution in [1.82, 2.24) is 10.6 Å². The number of carbonyl (C=O) groups is 2. The Kier molecular flexibility index (Phi) is 4.52. The maximum Gasteiger partial charge on any atom is 0.337 e. The van der Waals surface area contributed by atoms with Crippen molar-refractivity contribution in [2.45, 2.75) is 13.0 Å². The predicted molar refractivity (Wildman–Crippen MR) is 79.8 cm³/mol. The van der Waals surface area contributed by atoms with Gasteiger partial charge in [-0.2, -0.15) is 0 Å². The number of halogens is 1. The van der Waals surface area contributed by atoms with Gasteiger partial charge in [-0.15, -0.1) is 0 Å².